The van der Waals surface area contributed by atoms with Crippen molar-refractivity contribution in [2.75, 3.05) is 6.61 Å². The van der Waals surface area contributed by atoms with Crippen LogP contribution in [0.3, 0.4) is 0 Å². The topological polar surface area (TPSA) is 94.8 Å². The van der Waals surface area contributed by atoms with Crippen molar-refractivity contribution in [1.82, 2.24) is 15.1 Å². The van der Waals surface area contributed by atoms with Crippen LogP contribution in [0, 0.1) is 5.92 Å². The second-order valence-corrected chi connectivity index (χ2v) is 11.0. The van der Waals surface area contributed by atoms with E-state index in [-0.39, 0.29) is 42.0 Å². The Morgan fingerprint density at radius 2 is 2.03 bits per heavy atom. The second-order valence-electron chi connectivity index (χ2n) is 10.5. The van der Waals surface area contributed by atoms with Crippen molar-refractivity contribution in [2.45, 2.75) is 74.3 Å². The Morgan fingerprint density at radius 1 is 1.28 bits per heavy atom. The number of benzene rings is 1. The molecule has 4 fully saturated rings. The number of aliphatic hydroxyl groups is 1. The zero-order chi connectivity index (χ0) is 25.3. The van der Waals surface area contributed by atoms with Gasteiger partial charge in [-0.1, -0.05) is 11.6 Å². The molecule has 4 saturated carbocycles. The van der Waals surface area contributed by atoms with Crippen LogP contribution in [0.2, 0.25) is 5.02 Å². The van der Waals surface area contributed by atoms with Crippen LogP contribution < -0.4 is 14.8 Å². The molecule has 0 saturated heterocycles. The van der Waals surface area contributed by atoms with Gasteiger partial charge in [0.25, 0.3) is 5.91 Å². The van der Waals surface area contributed by atoms with Gasteiger partial charge in [0, 0.05) is 22.5 Å². The highest BCUT2D eigenvalue weighted by atomic mass is 35.5. The zero-order valence-electron chi connectivity index (χ0n) is 19.1. The van der Waals surface area contributed by atoms with Gasteiger partial charge in [-0.2, -0.15) is 5.10 Å². The first kappa shape index (κ1) is 23.9. The summed E-state index contributed by atoms with van der Waals surface area (Å²) in [5, 5.41) is 18.5. The molecule has 5 aliphatic rings. The molecule has 0 unspecified atom stereocenters. The quantitative estimate of drug-likeness (QED) is 0.568. The van der Waals surface area contributed by atoms with Crippen LogP contribution in [-0.2, 0) is 15.1 Å². The standard InChI is InChI=1S/C24H25ClF3N3O5/c25-14-1-2-19-17(5-14)18(32)6-20(36-19)21(33)30-22-10-23(11-22,12-22)31-8-16(7-29-31)35-15-3-13(4-15)9-34-24(26,27)28/h1-2,5,7-8,13,15,18,20,32H,3-4,6,9-12H2,(H,30,33)/t13?,15?,18-,20-,22?,23?/m1/s1. The maximum Gasteiger partial charge on any atom is 0.522 e. The molecule has 7 rings (SSSR count). The van der Waals surface area contributed by atoms with Gasteiger partial charge in [0.1, 0.15) is 5.75 Å². The van der Waals surface area contributed by atoms with Gasteiger partial charge in [-0.3, -0.25) is 14.2 Å². The fraction of sp³-hybridized carbons (Fsp3) is 0.583. The van der Waals surface area contributed by atoms with E-state index in [1.165, 1.54) is 0 Å². The van der Waals surface area contributed by atoms with E-state index in [9.17, 15) is 23.1 Å². The molecule has 194 valence electrons. The lowest BCUT2D eigenvalue weighted by molar-refractivity contribution is -0.331. The van der Waals surface area contributed by atoms with Crippen molar-refractivity contribution < 1.29 is 37.3 Å². The number of halogens is 4. The van der Waals surface area contributed by atoms with Gasteiger partial charge < -0.3 is 19.9 Å². The van der Waals surface area contributed by atoms with Crippen LogP contribution in [0.1, 0.15) is 50.2 Å². The van der Waals surface area contributed by atoms with Crippen molar-refractivity contribution in [3.05, 3.63) is 41.2 Å². The predicted octanol–water partition coefficient (Wildman–Crippen LogP) is 3.86. The van der Waals surface area contributed by atoms with Crippen LogP contribution in [0.15, 0.2) is 30.6 Å². The number of rotatable bonds is 7. The molecule has 1 aromatic carbocycles. The normalized spacial score (nSPS) is 34.4. The van der Waals surface area contributed by atoms with Crippen LogP contribution in [0.5, 0.6) is 11.5 Å². The maximum absolute atomic E-state index is 12.9. The van der Waals surface area contributed by atoms with Crippen molar-refractivity contribution in [3.63, 3.8) is 0 Å². The molecular weight excluding hydrogens is 503 g/mol. The molecule has 2 N–H and O–H groups in total. The van der Waals surface area contributed by atoms with E-state index in [0.29, 0.717) is 34.9 Å². The molecule has 12 heteroatoms. The van der Waals surface area contributed by atoms with Crippen molar-refractivity contribution >= 4 is 17.5 Å². The molecule has 1 aromatic heterocycles. The van der Waals surface area contributed by atoms with Gasteiger partial charge >= 0.3 is 6.36 Å². The number of hydrogen-bond donors (Lipinski definition) is 2. The summed E-state index contributed by atoms with van der Waals surface area (Å²) in [4.78, 5) is 12.9. The molecule has 2 atom stereocenters. The monoisotopic (exact) mass is 527 g/mol. The number of nitrogens with one attached hydrogen (secondary N) is 1. The summed E-state index contributed by atoms with van der Waals surface area (Å²) < 4.78 is 53.9. The number of amides is 1. The fourth-order valence-electron chi connectivity index (χ4n) is 5.97. The number of hydrogen-bond acceptors (Lipinski definition) is 6. The van der Waals surface area contributed by atoms with Crippen LogP contribution in [-0.4, -0.2) is 51.5 Å². The van der Waals surface area contributed by atoms with Gasteiger partial charge in [0.2, 0.25) is 0 Å². The number of carbonyl (C=O) groups is 1. The Hall–Kier alpha value is -2.50. The van der Waals surface area contributed by atoms with E-state index in [1.54, 1.807) is 24.4 Å². The van der Waals surface area contributed by atoms with E-state index in [1.807, 2.05) is 10.9 Å². The van der Waals surface area contributed by atoms with Crippen molar-refractivity contribution in [2.24, 2.45) is 5.92 Å². The van der Waals surface area contributed by atoms with E-state index < -0.39 is 18.6 Å². The molecule has 2 heterocycles. The summed E-state index contributed by atoms with van der Waals surface area (Å²) in [7, 11) is 0. The molecule has 4 aliphatic carbocycles. The number of fused-ring (bicyclic) bond motifs is 1. The third-order valence-corrected chi connectivity index (χ3v) is 7.98. The Morgan fingerprint density at radius 3 is 2.75 bits per heavy atom. The van der Waals surface area contributed by atoms with E-state index in [0.717, 1.165) is 19.3 Å². The number of aromatic nitrogens is 2. The Labute approximate surface area is 209 Å². The highest BCUT2D eigenvalue weighted by Crippen LogP contribution is 2.65. The lowest BCUT2D eigenvalue weighted by Crippen LogP contribution is -2.79. The van der Waals surface area contributed by atoms with Gasteiger partial charge in [0.15, 0.2) is 11.9 Å². The lowest BCUT2D eigenvalue weighted by atomic mass is 9.44. The number of alkyl halides is 3. The van der Waals surface area contributed by atoms with Crippen LogP contribution in [0.4, 0.5) is 13.2 Å². The van der Waals surface area contributed by atoms with Gasteiger partial charge in [-0.15, -0.1) is 13.2 Å². The molecule has 1 amide bonds. The summed E-state index contributed by atoms with van der Waals surface area (Å²) >= 11 is 5.99. The molecule has 36 heavy (non-hydrogen) atoms. The summed E-state index contributed by atoms with van der Waals surface area (Å²) in [6.45, 7) is -0.342. The number of ether oxygens (including phenoxy) is 3. The average molecular weight is 528 g/mol. The third kappa shape index (κ3) is 4.31. The third-order valence-electron chi connectivity index (χ3n) is 7.74. The van der Waals surface area contributed by atoms with Crippen LogP contribution >= 0.6 is 11.6 Å². The van der Waals surface area contributed by atoms with Crippen molar-refractivity contribution in [1.29, 1.82) is 0 Å². The number of aliphatic hydroxyl groups excluding tert-OH is 1. The average Bonchev–Trinajstić information content (AvgIpc) is 3.19. The first-order valence-electron chi connectivity index (χ1n) is 11.9. The molecule has 1 aliphatic heterocycles. The first-order valence-corrected chi connectivity index (χ1v) is 12.3. The Kier molecular flexibility index (Phi) is 5.47. The molecule has 0 radical (unpaired) electrons. The van der Waals surface area contributed by atoms with Crippen LogP contribution in [0.25, 0.3) is 0 Å². The Bertz CT molecular complexity index is 1160. The summed E-state index contributed by atoms with van der Waals surface area (Å²) in [5.74, 6) is 0.637. The molecule has 8 nitrogen and oxygen atoms in total. The SMILES string of the molecule is O=C(NC12CC(n3cc(OC4CC(COC(F)(F)F)C4)cn3)(C1)C2)[C@H]1C[C@@H](O)c2cc(Cl)ccc2O1. The van der Waals surface area contributed by atoms with E-state index in [2.05, 4.69) is 15.2 Å². The van der Waals surface area contributed by atoms with Gasteiger partial charge in [0.05, 0.1) is 36.7 Å². The minimum Gasteiger partial charge on any atom is -0.487 e. The highest BCUT2D eigenvalue weighted by molar-refractivity contribution is 6.30. The Balaban J connectivity index is 0.980. The number of carbonyl (C=O) groups excluding carboxylic acids is 1. The molecular formula is C24H25ClF3N3O5. The first-order chi connectivity index (χ1) is 17.0. The maximum atomic E-state index is 12.9. The van der Waals surface area contributed by atoms with Crippen molar-refractivity contribution in [3.8, 4) is 11.5 Å². The fourth-order valence-corrected chi connectivity index (χ4v) is 6.15. The largest absolute Gasteiger partial charge is 0.522 e. The highest BCUT2D eigenvalue weighted by Gasteiger charge is 2.70. The smallest absolute Gasteiger partial charge is 0.487 e. The summed E-state index contributed by atoms with van der Waals surface area (Å²) in [6.07, 6.45) is 0.451. The summed E-state index contributed by atoms with van der Waals surface area (Å²) in [5.41, 5.74) is 0.103. The molecule has 2 bridgehead atoms. The van der Waals surface area contributed by atoms with Gasteiger partial charge in [-0.05, 0) is 56.2 Å². The van der Waals surface area contributed by atoms with E-state index >= 15 is 0 Å². The number of nitrogens with zero attached hydrogens (tertiary/aromatic N) is 2. The predicted molar refractivity (Wildman–Crippen MR) is 120 cm³/mol. The molecule has 2 aromatic rings. The summed E-state index contributed by atoms with van der Waals surface area (Å²) in [6, 6.07) is 4.97. The lowest BCUT2D eigenvalue weighted by Gasteiger charge is -2.70. The minimum absolute atomic E-state index is 0.143. The second kappa shape index (κ2) is 8.26. The molecule has 0 spiro atoms. The van der Waals surface area contributed by atoms with Gasteiger partial charge in [-0.25, -0.2) is 0 Å². The minimum atomic E-state index is -4.60. The van der Waals surface area contributed by atoms with E-state index in [4.69, 9.17) is 21.1 Å². The zero-order valence-corrected chi connectivity index (χ0v) is 19.9.